The molecule has 20 heteroatoms. The first-order valence-corrected chi connectivity index (χ1v) is 17.6. The van der Waals surface area contributed by atoms with E-state index in [1.807, 2.05) is 0 Å². The van der Waals surface area contributed by atoms with Crippen LogP contribution in [0.5, 0.6) is 0 Å². The van der Waals surface area contributed by atoms with E-state index in [2.05, 4.69) is 21.9 Å². The minimum atomic E-state index is -4.51. The Balaban J connectivity index is 0.000000207. The van der Waals surface area contributed by atoms with Gasteiger partial charge >= 0.3 is 12.4 Å². The van der Waals surface area contributed by atoms with E-state index in [9.17, 15) is 48.0 Å². The Labute approximate surface area is 277 Å². The van der Waals surface area contributed by atoms with Crippen molar-refractivity contribution in [1.82, 2.24) is 18.8 Å². The van der Waals surface area contributed by atoms with Crippen molar-refractivity contribution in [3.63, 3.8) is 0 Å². The molecule has 2 saturated carbocycles. The number of hydrogen-bond donors (Lipinski definition) is 3. The van der Waals surface area contributed by atoms with E-state index < -0.39 is 43.5 Å². The lowest BCUT2D eigenvalue weighted by atomic mass is 10.1. The van der Waals surface area contributed by atoms with Crippen LogP contribution in [0.25, 0.3) is 0 Å². The number of aromatic nitrogens is 2. The highest BCUT2D eigenvalue weighted by Gasteiger charge is 2.48. The standard InChI is InChI=1S/C15H14F3N3O2S.C14H14F3NO3S.H4N2.H2O/c16-15(17,18)10-3-5-11(6-4-10)24(22,23)21-8-13-12(7-19-20-13)14(21)9-1-2-9;15-14(16,17)10-3-5-12(6-4-10)22(20,21)18-8-11(19)7-13(18)9-1-2-9;1-2;/h3-7,9,14H,1-2,8H2,(H,19,20);3-6,9,13H,1-2,7-8H2;1-2H2;1H2/t14-;13-;;/m10../s1. The van der Waals surface area contributed by atoms with E-state index in [4.69, 9.17) is 0 Å². The number of fused-ring (bicyclic) bond motifs is 1. The van der Waals surface area contributed by atoms with Crippen molar-refractivity contribution in [2.24, 2.45) is 23.5 Å². The first-order valence-electron chi connectivity index (χ1n) is 14.7. The van der Waals surface area contributed by atoms with Crippen LogP contribution in [0.2, 0.25) is 0 Å². The fourth-order valence-electron chi connectivity index (χ4n) is 5.99. The lowest BCUT2D eigenvalue weighted by Gasteiger charge is -2.24. The topological polar surface area (TPSA) is 204 Å². The highest BCUT2D eigenvalue weighted by molar-refractivity contribution is 7.89. The molecule has 3 heterocycles. The van der Waals surface area contributed by atoms with Crippen LogP contribution in [0.4, 0.5) is 26.3 Å². The van der Waals surface area contributed by atoms with Gasteiger partial charge in [0.2, 0.25) is 20.0 Å². The van der Waals surface area contributed by atoms with Crippen molar-refractivity contribution in [3.05, 3.63) is 77.1 Å². The molecular weight excluding hydrogens is 706 g/mol. The number of hydrogen-bond acceptors (Lipinski definition) is 8. The molecule has 3 fully saturated rings. The fraction of sp³-hybridized carbons (Fsp3) is 0.448. The van der Waals surface area contributed by atoms with Crippen LogP contribution in [-0.2, 0) is 43.7 Å². The zero-order valence-electron chi connectivity index (χ0n) is 25.6. The van der Waals surface area contributed by atoms with Gasteiger partial charge in [-0.3, -0.25) is 21.6 Å². The summed E-state index contributed by atoms with van der Waals surface area (Å²) in [6.45, 7) is -0.0234. The third-order valence-corrected chi connectivity index (χ3v) is 12.4. The predicted octanol–water partition coefficient (Wildman–Crippen LogP) is 3.53. The molecule has 1 aromatic heterocycles. The van der Waals surface area contributed by atoms with E-state index in [0.29, 0.717) is 0 Å². The maximum atomic E-state index is 12.9. The summed E-state index contributed by atoms with van der Waals surface area (Å²) in [7, 11) is -7.82. The van der Waals surface area contributed by atoms with Crippen molar-refractivity contribution in [1.29, 1.82) is 0 Å². The van der Waals surface area contributed by atoms with Gasteiger partial charge in [-0.15, -0.1) is 0 Å². The van der Waals surface area contributed by atoms with Crippen molar-refractivity contribution >= 4 is 25.8 Å². The molecule has 0 spiro atoms. The molecule has 0 bridgehead atoms. The molecule has 7 N–H and O–H groups in total. The molecule has 0 unspecified atom stereocenters. The number of H-pyrrole nitrogens is 1. The van der Waals surface area contributed by atoms with Crippen LogP contribution in [0, 0.1) is 11.8 Å². The summed E-state index contributed by atoms with van der Waals surface area (Å²) >= 11 is 0. The first-order chi connectivity index (χ1) is 22.5. The van der Waals surface area contributed by atoms with Gasteiger partial charge in [-0.1, -0.05) is 0 Å². The Kier molecular flexibility index (Phi) is 11.0. The average molecular weight is 741 g/mol. The molecular formula is C29H34F6N6O6S2. The highest BCUT2D eigenvalue weighted by atomic mass is 32.2. The van der Waals surface area contributed by atoms with Gasteiger partial charge in [0.25, 0.3) is 0 Å². The van der Waals surface area contributed by atoms with Crippen molar-refractivity contribution in [3.8, 4) is 0 Å². The summed E-state index contributed by atoms with van der Waals surface area (Å²) in [6.07, 6.45) is -3.51. The largest absolute Gasteiger partial charge is 0.416 e. The number of rotatable bonds is 6. The fourth-order valence-corrected chi connectivity index (χ4v) is 9.29. The molecule has 0 radical (unpaired) electrons. The zero-order chi connectivity index (χ0) is 35.2. The van der Waals surface area contributed by atoms with E-state index in [1.165, 1.54) is 4.31 Å². The molecule has 2 atom stereocenters. The number of halogens is 6. The number of nitrogens with one attached hydrogen (secondary N) is 1. The van der Waals surface area contributed by atoms with Gasteiger partial charge in [-0.05, 0) is 86.1 Å². The van der Waals surface area contributed by atoms with E-state index in [0.717, 1.165) is 89.8 Å². The summed E-state index contributed by atoms with van der Waals surface area (Å²) in [5.74, 6) is 8.29. The summed E-state index contributed by atoms with van der Waals surface area (Å²) in [6, 6.07) is 6.40. The minimum Gasteiger partial charge on any atom is -0.412 e. The number of alkyl halides is 6. The second-order valence-electron chi connectivity index (χ2n) is 11.9. The maximum absolute atomic E-state index is 12.9. The molecule has 7 rings (SSSR count). The van der Waals surface area contributed by atoms with Crippen molar-refractivity contribution in [2.45, 2.75) is 72.9 Å². The molecule has 0 amide bonds. The number of nitrogens with zero attached hydrogens (tertiary/aromatic N) is 3. The van der Waals surface area contributed by atoms with Crippen LogP contribution in [0.3, 0.4) is 0 Å². The lowest BCUT2D eigenvalue weighted by Crippen LogP contribution is -2.37. The molecule has 1 saturated heterocycles. The van der Waals surface area contributed by atoms with Gasteiger partial charge in [-0.25, -0.2) is 16.8 Å². The normalized spacial score (nSPS) is 21.6. The van der Waals surface area contributed by atoms with Crippen molar-refractivity contribution in [2.75, 3.05) is 6.54 Å². The SMILES string of the molecule is NN.O.O=C1C[C@@H](C2CC2)N(S(=O)(=O)c2ccc(C(F)(F)F)cc2)C1.O=S(=O)(c1ccc(C(F)(F)F)cc1)N1Cc2[nH]ncc2[C@H]1C1CC1. The van der Waals surface area contributed by atoms with Gasteiger partial charge in [0.15, 0.2) is 0 Å². The molecule has 3 aromatic rings. The van der Waals surface area contributed by atoms with Gasteiger partial charge in [-0.2, -0.15) is 40.1 Å². The maximum Gasteiger partial charge on any atom is 0.416 e. The van der Waals surface area contributed by atoms with E-state index >= 15 is 0 Å². The van der Waals surface area contributed by atoms with Gasteiger partial charge in [0.05, 0.1) is 51.9 Å². The monoisotopic (exact) mass is 740 g/mol. The Morgan fingerprint density at radius 2 is 1.16 bits per heavy atom. The third kappa shape index (κ3) is 8.00. The summed E-state index contributed by atoms with van der Waals surface area (Å²) < 4.78 is 129. The quantitative estimate of drug-likeness (QED) is 0.193. The second-order valence-corrected chi connectivity index (χ2v) is 15.7. The number of sulfonamides is 2. The zero-order valence-corrected chi connectivity index (χ0v) is 27.2. The van der Waals surface area contributed by atoms with Gasteiger partial charge < -0.3 is 5.48 Å². The molecule has 2 aliphatic carbocycles. The minimum absolute atomic E-state index is 0. The molecule has 4 aliphatic rings. The van der Waals surface area contributed by atoms with Crippen LogP contribution in [0.1, 0.15) is 60.5 Å². The summed E-state index contributed by atoms with van der Waals surface area (Å²) in [4.78, 5) is 11.3. The number of nitrogens with two attached hydrogens (primary N) is 2. The molecule has 2 aromatic carbocycles. The number of ketones is 1. The summed E-state index contributed by atoms with van der Waals surface area (Å²) in [5, 5.41) is 6.77. The Morgan fingerprint density at radius 3 is 1.59 bits per heavy atom. The van der Waals surface area contributed by atoms with E-state index in [-0.39, 0.29) is 64.5 Å². The van der Waals surface area contributed by atoms with Crippen LogP contribution >= 0.6 is 0 Å². The smallest absolute Gasteiger partial charge is 0.412 e. The number of carbonyl (C=O) groups is 1. The predicted molar refractivity (Wildman–Crippen MR) is 162 cm³/mol. The molecule has 270 valence electrons. The van der Waals surface area contributed by atoms with Crippen molar-refractivity contribution < 1.29 is 53.4 Å². The first kappa shape index (κ1) is 38.4. The second kappa shape index (κ2) is 14.1. The number of benzene rings is 2. The van der Waals surface area contributed by atoms with Crippen LogP contribution in [0.15, 0.2) is 64.5 Å². The Morgan fingerprint density at radius 1 is 0.714 bits per heavy atom. The Bertz CT molecular complexity index is 1840. The molecule has 2 aliphatic heterocycles. The number of hydrazine groups is 1. The lowest BCUT2D eigenvalue weighted by molar-refractivity contribution is -0.138. The van der Waals surface area contributed by atoms with Crippen LogP contribution < -0.4 is 11.7 Å². The van der Waals surface area contributed by atoms with E-state index in [1.54, 1.807) is 6.20 Å². The average Bonchev–Trinajstić information content (AvgIpc) is 3.94. The van der Waals surface area contributed by atoms with Gasteiger partial charge in [0, 0.05) is 18.0 Å². The number of carbonyl (C=O) groups excluding carboxylic acids is 1. The van der Waals surface area contributed by atoms with Gasteiger partial charge in [0.1, 0.15) is 5.78 Å². The number of Topliss-reactive ketones (excluding diaryl/α,β-unsaturated/α-hetero) is 1. The number of aromatic amines is 1. The van der Waals surface area contributed by atoms with Crippen LogP contribution in [-0.4, -0.2) is 59.5 Å². The highest BCUT2D eigenvalue weighted by Crippen LogP contribution is 2.51. The summed E-state index contributed by atoms with van der Waals surface area (Å²) in [5.41, 5.74) is -0.144. The Hall–Kier alpha value is -3.40. The molecule has 12 nitrogen and oxygen atoms in total. The molecule has 49 heavy (non-hydrogen) atoms. The third-order valence-electron chi connectivity index (χ3n) is 8.64.